The Labute approximate surface area is 242 Å². The molecule has 1 spiro atoms. The van der Waals surface area contributed by atoms with Crippen molar-refractivity contribution in [2.45, 2.75) is 122 Å². The van der Waals surface area contributed by atoms with Gasteiger partial charge in [0.2, 0.25) is 0 Å². The van der Waals surface area contributed by atoms with Crippen LogP contribution in [0.3, 0.4) is 0 Å². The van der Waals surface area contributed by atoms with Crippen LogP contribution in [0, 0.1) is 52.8 Å². The second-order valence-corrected chi connectivity index (χ2v) is 15.7. The highest BCUT2D eigenvalue weighted by Crippen LogP contribution is 2.66. The number of hydrogen-bond acceptors (Lipinski definition) is 7. The summed E-state index contributed by atoms with van der Waals surface area (Å²) in [7, 11) is 1.35. The van der Waals surface area contributed by atoms with E-state index in [1.807, 2.05) is 0 Å². The number of ether oxygens (including phenoxy) is 2. The number of fused-ring (bicyclic) bond motifs is 6. The summed E-state index contributed by atoms with van der Waals surface area (Å²) in [6.45, 7) is 13.6. The zero-order chi connectivity index (χ0) is 28.6. The summed E-state index contributed by atoms with van der Waals surface area (Å²) in [4.78, 5) is 11.8. The molecule has 2 saturated heterocycles. The van der Waals surface area contributed by atoms with Gasteiger partial charge in [0.05, 0.1) is 18.3 Å². The monoisotopic (exact) mass is 556 g/mol. The average Bonchev–Trinajstić information content (AvgIpc) is 3.34. The van der Waals surface area contributed by atoms with Crippen molar-refractivity contribution in [1.29, 1.82) is 0 Å². The fourth-order valence-electron chi connectivity index (χ4n) is 11.8. The molecule has 0 aromatic carbocycles. The third-order valence-electron chi connectivity index (χ3n) is 13.6. The first kappa shape index (κ1) is 28.8. The van der Waals surface area contributed by atoms with E-state index in [-0.39, 0.29) is 22.9 Å². The lowest BCUT2D eigenvalue weighted by Gasteiger charge is -2.55. The molecule has 4 saturated carbocycles. The van der Waals surface area contributed by atoms with Crippen LogP contribution >= 0.6 is 0 Å². The highest BCUT2D eigenvalue weighted by atomic mass is 16.5. The minimum Gasteiger partial charge on any atom is -0.464 e. The van der Waals surface area contributed by atoms with E-state index in [2.05, 4.69) is 39.9 Å². The third-order valence-corrected chi connectivity index (χ3v) is 13.6. The predicted octanol–water partition coefficient (Wildman–Crippen LogP) is 4.95. The standard InChI is InChI=1S/C33H56N4O3/c1-19-15-32(5)29(36-17-19)21(3)33(40-32)12-10-24-25-8-7-22-13-23(37(35)18-28(34)30(38)39-6)9-11-31(22,4)27(25)14-26(24)20(2)16-33/h18-27,29,36H,7-17,34-35H2,1-6H3/b28-18-/t19-,20?,21+,22+,23-,24-,25?,26?,27-,29-,31-,32?,33?/m0/s1. The van der Waals surface area contributed by atoms with Crippen LogP contribution in [0.2, 0.25) is 0 Å². The van der Waals surface area contributed by atoms with Crippen LogP contribution in [-0.2, 0) is 14.3 Å². The summed E-state index contributed by atoms with van der Waals surface area (Å²) in [5.41, 5.74) is 6.39. The van der Waals surface area contributed by atoms with E-state index in [4.69, 9.17) is 21.1 Å². The Balaban J connectivity index is 1.16. The molecule has 2 aliphatic heterocycles. The zero-order valence-electron chi connectivity index (χ0n) is 26.0. The summed E-state index contributed by atoms with van der Waals surface area (Å²) in [5.74, 6) is 11.9. The molecule has 13 atom stereocenters. The molecule has 0 bridgehead atoms. The van der Waals surface area contributed by atoms with Gasteiger partial charge in [0.25, 0.3) is 0 Å². The molecule has 5 N–H and O–H groups in total. The number of methoxy groups -OCH3 is 1. The Morgan fingerprint density at radius 2 is 1.80 bits per heavy atom. The summed E-state index contributed by atoms with van der Waals surface area (Å²) in [5, 5.41) is 5.61. The van der Waals surface area contributed by atoms with Crippen LogP contribution < -0.4 is 16.9 Å². The van der Waals surface area contributed by atoms with Crippen molar-refractivity contribution in [3.8, 4) is 0 Å². The quantitative estimate of drug-likeness (QED) is 0.196. The Hall–Kier alpha value is -1.31. The third kappa shape index (κ3) is 4.43. The van der Waals surface area contributed by atoms with Crippen LogP contribution in [0.4, 0.5) is 0 Å². The maximum atomic E-state index is 11.8. The Morgan fingerprint density at radius 1 is 1.02 bits per heavy atom. The van der Waals surface area contributed by atoms with Crippen molar-refractivity contribution in [1.82, 2.24) is 10.3 Å². The van der Waals surface area contributed by atoms with Crippen molar-refractivity contribution in [2.24, 2.45) is 64.3 Å². The van der Waals surface area contributed by atoms with Gasteiger partial charge in [0, 0.05) is 24.2 Å². The molecule has 4 aliphatic carbocycles. The van der Waals surface area contributed by atoms with Crippen LogP contribution in [0.25, 0.3) is 0 Å². The van der Waals surface area contributed by atoms with E-state index < -0.39 is 5.97 Å². The fraction of sp³-hybridized carbons (Fsp3) is 0.909. The Bertz CT molecular complexity index is 1020. The summed E-state index contributed by atoms with van der Waals surface area (Å²) in [6.07, 6.45) is 14.0. The highest BCUT2D eigenvalue weighted by molar-refractivity contribution is 5.87. The zero-order valence-corrected chi connectivity index (χ0v) is 26.0. The number of nitrogens with two attached hydrogens (primary N) is 2. The Kier molecular flexibility index (Phi) is 7.31. The molecule has 0 amide bonds. The van der Waals surface area contributed by atoms with Crippen molar-refractivity contribution in [3.63, 3.8) is 0 Å². The SMILES string of the molecule is COC(=O)/C(N)=C/N(N)[C@H]1CC[C@@]2(C)[C@H](CCC3[C@@H]4CCC5(CC(C)C4C[C@@H]32)OC2(C)C[C@H](C)CN[C@H]2[C@H]5C)C1. The van der Waals surface area contributed by atoms with Gasteiger partial charge in [-0.1, -0.05) is 27.7 Å². The number of piperidine rings is 1. The summed E-state index contributed by atoms with van der Waals surface area (Å²) < 4.78 is 12.0. The van der Waals surface area contributed by atoms with Crippen LogP contribution in [0.5, 0.6) is 0 Å². The number of nitrogens with one attached hydrogen (secondary N) is 1. The van der Waals surface area contributed by atoms with Crippen LogP contribution in [0.15, 0.2) is 11.9 Å². The van der Waals surface area contributed by atoms with Gasteiger partial charge in [0.15, 0.2) is 0 Å². The predicted molar refractivity (Wildman–Crippen MR) is 157 cm³/mol. The van der Waals surface area contributed by atoms with Crippen molar-refractivity contribution in [2.75, 3.05) is 13.7 Å². The molecular formula is C33H56N4O3. The van der Waals surface area contributed by atoms with Gasteiger partial charge in [-0.15, -0.1) is 0 Å². The first-order chi connectivity index (χ1) is 18.9. The van der Waals surface area contributed by atoms with E-state index in [1.54, 1.807) is 11.2 Å². The smallest absolute Gasteiger partial charge is 0.355 e. The normalized spacial score (nSPS) is 52.2. The van der Waals surface area contributed by atoms with E-state index in [0.29, 0.717) is 35.1 Å². The molecule has 5 unspecified atom stereocenters. The molecule has 6 aliphatic rings. The molecule has 2 heterocycles. The van der Waals surface area contributed by atoms with Crippen molar-refractivity contribution in [3.05, 3.63) is 11.9 Å². The molecule has 40 heavy (non-hydrogen) atoms. The first-order valence-corrected chi connectivity index (χ1v) is 16.4. The largest absolute Gasteiger partial charge is 0.464 e. The molecule has 0 aromatic heterocycles. The summed E-state index contributed by atoms with van der Waals surface area (Å²) in [6, 6.07) is 0.719. The average molecular weight is 557 g/mol. The van der Waals surface area contributed by atoms with E-state index in [9.17, 15) is 4.79 Å². The van der Waals surface area contributed by atoms with E-state index in [0.717, 1.165) is 43.1 Å². The molecule has 0 radical (unpaired) electrons. The number of esters is 1. The van der Waals surface area contributed by atoms with Crippen LogP contribution in [-0.4, -0.2) is 47.9 Å². The molecular weight excluding hydrogens is 500 g/mol. The highest BCUT2D eigenvalue weighted by Gasteiger charge is 2.64. The lowest BCUT2D eigenvalue weighted by molar-refractivity contribution is -0.136. The van der Waals surface area contributed by atoms with Crippen LogP contribution in [0.1, 0.15) is 98.8 Å². The second-order valence-electron chi connectivity index (χ2n) is 15.7. The van der Waals surface area contributed by atoms with Gasteiger partial charge < -0.3 is 25.5 Å². The minimum absolute atomic E-state index is 0.0173. The topological polar surface area (TPSA) is 103 Å². The van der Waals surface area contributed by atoms with Gasteiger partial charge in [-0.05, 0) is 125 Å². The first-order valence-electron chi connectivity index (χ1n) is 16.4. The molecule has 7 nitrogen and oxygen atoms in total. The van der Waals surface area contributed by atoms with Gasteiger partial charge in [-0.25, -0.2) is 10.6 Å². The number of nitrogens with zero attached hydrogens (tertiary/aromatic N) is 1. The molecule has 0 aromatic rings. The van der Waals surface area contributed by atoms with Gasteiger partial charge in [0.1, 0.15) is 5.70 Å². The second kappa shape index (κ2) is 10.2. The van der Waals surface area contributed by atoms with Gasteiger partial charge in [-0.2, -0.15) is 0 Å². The molecule has 6 fully saturated rings. The molecule has 6 rings (SSSR count). The Morgan fingerprint density at radius 3 is 2.55 bits per heavy atom. The lowest BCUT2D eigenvalue weighted by atomic mass is 9.52. The minimum atomic E-state index is -0.520. The molecule has 7 heteroatoms. The van der Waals surface area contributed by atoms with E-state index in [1.165, 1.54) is 58.5 Å². The maximum absolute atomic E-state index is 11.8. The lowest BCUT2D eigenvalue weighted by Crippen LogP contribution is -2.55. The van der Waals surface area contributed by atoms with Gasteiger partial charge >= 0.3 is 5.97 Å². The van der Waals surface area contributed by atoms with Gasteiger partial charge in [-0.3, -0.25) is 0 Å². The summed E-state index contributed by atoms with van der Waals surface area (Å²) >= 11 is 0. The number of rotatable bonds is 3. The van der Waals surface area contributed by atoms with Crippen molar-refractivity contribution >= 4 is 5.97 Å². The number of carbonyl (C=O) groups is 1. The van der Waals surface area contributed by atoms with Crippen molar-refractivity contribution < 1.29 is 14.3 Å². The maximum Gasteiger partial charge on any atom is 0.355 e. The molecule has 226 valence electrons. The fourth-order valence-corrected chi connectivity index (χ4v) is 11.8. The number of carbonyl (C=O) groups excluding carboxylic acids is 1. The van der Waals surface area contributed by atoms with E-state index >= 15 is 0 Å². The number of hydrogen-bond donors (Lipinski definition) is 3. The number of hydrazine groups is 1.